The molecule has 0 spiro atoms. The Morgan fingerprint density at radius 3 is 2.42 bits per heavy atom. The topological polar surface area (TPSA) is 61.4 Å². The Bertz CT molecular complexity index is 622. The van der Waals surface area contributed by atoms with E-state index in [1.165, 1.54) is 0 Å². The van der Waals surface area contributed by atoms with Crippen molar-refractivity contribution in [1.82, 2.24) is 10.2 Å². The minimum absolute atomic E-state index is 0.0675. The van der Waals surface area contributed by atoms with Crippen molar-refractivity contribution < 1.29 is 9.59 Å². The molecule has 0 unspecified atom stereocenters. The molecule has 0 aliphatic carbocycles. The molecule has 26 heavy (non-hydrogen) atoms. The second-order valence-corrected chi connectivity index (χ2v) is 7.42. The van der Waals surface area contributed by atoms with Crippen LogP contribution in [0.25, 0.3) is 0 Å². The van der Waals surface area contributed by atoms with Gasteiger partial charge in [0.2, 0.25) is 5.91 Å². The summed E-state index contributed by atoms with van der Waals surface area (Å²) in [5.41, 5.74) is 1.44. The van der Waals surface area contributed by atoms with E-state index >= 15 is 0 Å². The standard InChI is InChI=1S/C20H29N3O2S/c1-3-4-5-6-18(24)22-20(26)21-17-9-7-16(8-10-17)19(25)23-13-11-15(2)12-14-23/h7-10,15H,3-6,11-14H2,1-2H3,(H2,21,22,24,26). The van der Waals surface area contributed by atoms with Crippen molar-refractivity contribution in [2.75, 3.05) is 18.4 Å². The maximum atomic E-state index is 12.5. The van der Waals surface area contributed by atoms with Crippen molar-refractivity contribution in [1.29, 1.82) is 0 Å². The third-order valence-corrected chi connectivity index (χ3v) is 4.93. The lowest BCUT2D eigenvalue weighted by atomic mass is 9.98. The van der Waals surface area contributed by atoms with E-state index in [1.807, 2.05) is 17.0 Å². The molecule has 1 fully saturated rings. The second-order valence-electron chi connectivity index (χ2n) is 7.01. The molecule has 5 nitrogen and oxygen atoms in total. The molecule has 0 saturated carbocycles. The summed E-state index contributed by atoms with van der Waals surface area (Å²) >= 11 is 5.17. The molecule has 0 bridgehead atoms. The van der Waals surface area contributed by atoms with Gasteiger partial charge < -0.3 is 15.5 Å². The number of hydrogen-bond acceptors (Lipinski definition) is 3. The number of carbonyl (C=O) groups is 2. The summed E-state index contributed by atoms with van der Waals surface area (Å²) in [4.78, 5) is 26.2. The van der Waals surface area contributed by atoms with Gasteiger partial charge in [0.05, 0.1) is 0 Å². The summed E-state index contributed by atoms with van der Waals surface area (Å²) in [5.74, 6) is 0.709. The fourth-order valence-electron chi connectivity index (χ4n) is 2.98. The Morgan fingerprint density at radius 1 is 1.15 bits per heavy atom. The predicted octanol–water partition coefficient (Wildman–Crippen LogP) is 3.95. The number of nitrogens with one attached hydrogen (secondary N) is 2. The van der Waals surface area contributed by atoms with Crippen molar-refractivity contribution in [2.24, 2.45) is 5.92 Å². The highest BCUT2D eigenvalue weighted by Crippen LogP contribution is 2.19. The van der Waals surface area contributed by atoms with Crippen LogP contribution in [0.3, 0.4) is 0 Å². The van der Waals surface area contributed by atoms with Gasteiger partial charge in [-0.15, -0.1) is 0 Å². The highest BCUT2D eigenvalue weighted by atomic mass is 32.1. The molecule has 2 N–H and O–H groups in total. The first kappa shape index (κ1) is 20.4. The zero-order chi connectivity index (χ0) is 18.9. The SMILES string of the molecule is CCCCCC(=O)NC(=S)Nc1ccc(C(=O)N2CCC(C)CC2)cc1. The lowest BCUT2D eigenvalue weighted by Gasteiger charge is -2.30. The maximum Gasteiger partial charge on any atom is 0.253 e. The van der Waals surface area contributed by atoms with Gasteiger partial charge in [0.15, 0.2) is 5.11 Å². The van der Waals surface area contributed by atoms with Crippen LogP contribution in [0.5, 0.6) is 0 Å². The number of likely N-dealkylation sites (tertiary alicyclic amines) is 1. The van der Waals surface area contributed by atoms with Crippen LogP contribution in [0.2, 0.25) is 0 Å². The molecule has 1 aromatic carbocycles. The van der Waals surface area contributed by atoms with E-state index in [2.05, 4.69) is 24.5 Å². The molecule has 0 atom stereocenters. The van der Waals surface area contributed by atoms with Gasteiger partial charge in [0.25, 0.3) is 5.91 Å². The van der Waals surface area contributed by atoms with Crippen LogP contribution in [0, 0.1) is 5.92 Å². The Morgan fingerprint density at radius 2 is 1.81 bits per heavy atom. The van der Waals surface area contributed by atoms with Gasteiger partial charge in [-0.05, 0) is 61.7 Å². The van der Waals surface area contributed by atoms with Crippen molar-refractivity contribution in [3.8, 4) is 0 Å². The molecule has 0 aromatic heterocycles. The van der Waals surface area contributed by atoms with E-state index in [1.54, 1.807) is 12.1 Å². The van der Waals surface area contributed by atoms with E-state index in [4.69, 9.17) is 12.2 Å². The molecule has 1 heterocycles. The third kappa shape index (κ3) is 6.41. The number of amides is 2. The highest BCUT2D eigenvalue weighted by molar-refractivity contribution is 7.80. The number of anilines is 1. The van der Waals surface area contributed by atoms with Gasteiger partial charge in [-0.2, -0.15) is 0 Å². The molecule has 1 saturated heterocycles. The van der Waals surface area contributed by atoms with E-state index in [-0.39, 0.29) is 16.9 Å². The summed E-state index contributed by atoms with van der Waals surface area (Å²) in [6.45, 7) is 5.99. The molecule has 1 aliphatic rings. The fourth-order valence-corrected chi connectivity index (χ4v) is 3.21. The molecule has 1 aromatic rings. The van der Waals surface area contributed by atoms with Crippen LogP contribution in [0.4, 0.5) is 5.69 Å². The zero-order valence-electron chi connectivity index (χ0n) is 15.7. The monoisotopic (exact) mass is 375 g/mol. The maximum absolute atomic E-state index is 12.5. The van der Waals surface area contributed by atoms with Crippen LogP contribution < -0.4 is 10.6 Å². The van der Waals surface area contributed by atoms with Gasteiger partial charge in [-0.1, -0.05) is 26.7 Å². The summed E-state index contributed by atoms with van der Waals surface area (Å²) in [7, 11) is 0. The van der Waals surface area contributed by atoms with Crippen LogP contribution >= 0.6 is 12.2 Å². The van der Waals surface area contributed by atoms with Crippen molar-refractivity contribution in [2.45, 2.75) is 52.4 Å². The number of piperidine rings is 1. The van der Waals surface area contributed by atoms with E-state index < -0.39 is 0 Å². The van der Waals surface area contributed by atoms with Gasteiger partial charge in [-0.3, -0.25) is 9.59 Å². The molecular weight excluding hydrogens is 346 g/mol. The summed E-state index contributed by atoms with van der Waals surface area (Å²) in [6.07, 6.45) is 5.61. The average Bonchev–Trinajstić information content (AvgIpc) is 2.62. The van der Waals surface area contributed by atoms with Crippen LogP contribution in [0.1, 0.15) is 62.7 Å². The molecule has 2 amide bonds. The predicted molar refractivity (Wildman–Crippen MR) is 109 cm³/mol. The Kier molecular flexibility index (Phi) is 8.04. The summed E-state index contributed by atoms with van der Waals surface area (Å²) < 4.78 is 0. The summed E-state index contributed by atoms with van der Waals surface area (Å²) in [5, 5.41) is 5.96. The van der Waals surface area contributed by atoms with E-state index in [0.717, 1.165) is 50.9 Å². The first-order valence-corrected chi connectivity index (χ1v) is 9.90. The number of hydrogen-bond donors (Lipinski definition) is 2. The van der Waals surface area contributed by atoms with E-state index in [9.17, 15) is 9.59 Å². The zero-order valence-corrected chi connectivity index (χ0v) is 16.5. The van der Waals surface area contributed by atoms with Crippen LogP contribution in [-0.2, 0) is 4.79 Å². The number of benzene rings is 1. The van der Waals surface area contributed by atoms with Crippen LogP contribution in [-0.4, -0.2) is 34.9 Å². The van der Waals surface area contributed by atoms with E-state index in [0.29, 0.717) is 17.9 Å². The molecule has 142 valence electrons. The quantitative estimate of drug-likeness (QED) is 0.584. The van der Waals surface area contributed by atoms with Gasteiger partial charge in [0, 0.05) is 30.8 Å². The molecule has 1 aliphatic heterocycles. The van der Waals surface area contributed by atoms with Crippen molar-refractivity contribution in [3.05, 3.63) is 29.8 Å². The fraction of sp³-hybridized carbons (Fsp3) is 0.550. The summed E-state index contributed by atoms with van der Waals surface area (Å²) in [6, 6.07) is 7.23. The Labute approximate surface area is 161 Å². The molecule has 2 rings (SSSR count). The largest absolute Gasteiger partial charge is 0.339 e. The Balaban J connectivity index is 1.82. The van der Waals surface area contributed by atoms with Crippen molar-refractivity contribution >= 4 is 34.8 Å². The third-order valence-electron chi connectivity index (χ3n) is 4.72. The van der Waals surface area contributed by atoms with Crippen molar-refractivity contribution in [3.63, 3.8) is 0 Å². The average molecular weight is 376 g/mol. The first-order chi connectivity index (χ1) is 12.5. The second kappa shape index (κ2) is 10.3. The first-order valence-electron chi connectivity index (χ1n) is 9.49. The minimum Gasteiger partial charge on any atom is -0.339 e. The number of rotatable bonds is 6. The Hall–Kier alpha value is -1.95. The number of nitrogens with zero attached hydrogens (tertiary/aromatic N) is 1. The molecule has 0 radical (unpaired) electrons. The van der Waals surface area contributed by atoms with Gasteiger partial charge in [0.1, 0.15) is 0 Å². The van der Waals surface area contributed by atoms with Crippen LogP contribution in [0.15, 0.2) is 24.3 Å². The molecule has 6 heteroatoms. The highest BCUT2D eigenvalue weighted by Gasteiger charge is 2.21. The number of unbranched alkanes of at least 4 members (excludes halogenated alkanes) is 2. The number of thiocarbonyl (C=S) groups is 1. The van der Waals surface area contributed by atoms with Gasteiger partial charge in [-0.25, -0.2) is 0 Å². The normalized spacial score (nSPS) is 14.8. The smallest absolute Gasteiger partial charge is 0.253 e. The lowest BCUT2D eigenvalue weighted by molar-refractivity contribution is -0.119. The van der Waals surface area contributed by atoms with Gasteiger partial charge >= 0.3 is 0 Å². The lowest BCUT2D eigenvalue weighted by Crippen LogP contribution is -2.37. The number of carbonyl (C=O) groups excluding carboxylic acids is 2. The minimum atomic E-state index is -0.0675. The molecular formula is C20H29N3O2S.